The minimum Gasteiger partial charge on any atom is -0.369 e. The predicted molar refractivity (Wildman–Crippen MR) is 138 cm³/mol. The fourth-order valence-corrected chi connectivity index (χ4v) is 5.52. The van der Waals surface area contributed by atoms with Gasteiger partial charge in [0.2, 0.25) is 0 Å². The summed E-state index contributed by atoms with van der Waals surface area (Å²) in [5, 5.41) is 0. The number of imidazole rings is 1. The van der Waals surface area contributed by atoms with Crippen molar-refractivity contribution in [3.63, 3.8) is 0 Å². The number of benzene rings is 1. The number of likely N-dealkylation sites (N-methyl/N-ethyl adjacent to an activating group) is 1. The summed E-state index contributed by atoms with van der Waals surface area (Å²) in [6.45, 7) is 15.1. The van der Waals surface area contributed by atoms with Gasteiger partial charge in [-0.3, -0.25) is 14.7 Å². The number of Topliss-reactive ketones (excluding diaryl/α,β-unsaturated/α-hetero) is 1. The van der Waals surface area contributed by atoms with Crippen molar-refractivity contribution in [2.24, 2.45) is 5.92 Å². The normalized spacial score (nSPS) is 19.5. The number of carbonyl (C=O) groups excluding carboxylic acids is 1. The maximum atomic E-state index is 13.1. The van der Waals surface area contributed by atoms with Crippen molar-refractivity contribution in [3.8, 4) is 0 Å². The summed E-state index contributed by atoms with van der Waals surface area (Å²) in [5.74, 6) is 0.777. The van der Waals surface area contributed by atoms with Crippen LogP contribution in [0.3, 0.4) is 0 Å². The van der Waals surface area contributed by atoms with Gasteiger partial charge in [0, 0.05) is 55.8 Å². The van der Waals surface area contributed by atoms with Gasteiger partial charge in [-0.05, 0) is 62.1 Å². The lowest BCUT2D eigenvalue weighted by molar-refractivity contribution is -0.113. The Morgan fingerprint density at radius 1 is 1.09 bits per heavy atom. The van der Waals surface area contributed by atoms with Gasteiger partial charge < -0.3 is 9.30 Å². The van der Waals surface area contributed by atoms with Gasteiger partial charge in [0.15, 0.2) is 11.4 Å². The summed E-state index contributed by atoms with van der Waals surface area (Å²) in [4.78, 5) is 27.6. The van der Waals surface area contributed by atoms with E-state index in [1.807, 2.05) is 36.7 Å². The van der Waals surface area contributed by atoms with Crippen LogP contribution in [-0.4, -0.2) is 57.3 Å². The van der Waals surface area contributed by atoms with E-state index in [9.17, 15) is 4.79 Å². The van der Waals surface area contributed by atoms with Gasteiger partial charge >= 0.3 is 0 Å². The number of carbonyl (C=O) groups is 1. The highest BCUT2D eigenvalue weighted by Crippen LogP contribution is 2.31. The second-order valence-corrected chi connectivity index (χ2v) is 10.1. The van der Waals surface area contributed by atoms with Crippen LogP contribution in [0.25, 0.3) is 17.3 Å². The standard InChI is InChI=1S/C28H35N5O/c1-6-31-11-12-32(17-26(31)18(2)3)23-9-7-22-14-24(27(34)10-8-21(22)13-23)25-16-33-15-19(4)29-20(5)28(33)30-25/h7,9,13-16,18,26H,6,8,10-12,17H2,1-5H3/t26-/m1/s1. The van der Waals surface area contributed by atoms with Gasteiger partial charge in [-0.1, -0.05) is 26.8 Å². The fraction of sp³-hybridized carbons (Fsp3) is 0.464. The average molecular weight is 458 g/mol. The van der Waals surface area contributed by atoms with E-state index in [1.54, 1.807) is 0 Å². The Kier molecular flexibility index (Phi) is 6.02. The zero-order valence-corrected chi connectivity index (χ0v) is 21.0. The van der Waals surface area contributed by atoms with Crippen LogP contribution in [0.15, 0.2) is 30.6 Å². The van der Waals surface area contributed by atoms with Crippen LogP contribution in [0, 0.1) is 19.8 Å². The summed E-state index contributed by atoms with van der Waals surface area (Å²) >= 11 is 0. The maximum absolute atomic E-state index is 13.1. The number of allylic oxidation sites excluding steroid dienone is 1. The van der Waals surface area contributed by atoms with E-state index in [-0.39, 0.29) is 5.78 Å². The quantitative estimate of drug-likeness (QED) is 0.575. The zero-order valence-electron chi connectivity index (χ0n) is 21.0. The number of nitrogens with zero attached hydrogens (tertiary/aromatic N) is 5. The molecule has 0 saturated carbocycles. The molecule has 1 atom stereocenters. The van der Waals surface area contributed by atoms with Crippen molar-refractivity contribution in [2.75, 3.05) is 31.1 Å². The third kappa shape index (κ3) is 4.16. The fourth-order valence-electron chi connectivity index (χ4n) is 5.52. The van der Waals surface area contributed by atoms with Crippen LogP contribution in [0.4, 0.5) is 5.69 Å². The Morgan fingerprint density at radius 2 is 1.91 bits per heavy atom. The number of rotatable bonds is 4. The van der Waals surface area contributed by atoms with E-state index in [0.29, 0.717) is 24.0 Å². The largest absolute Gasteiger partial charge is 0.369 e. The molecule has 0 unspecified atom stereocenters. The molecule has 0 spiro atoms. The van der Waals surface area contributed by atoms with Crippen molar-refractivity contribution in [3.05, 3.63) is 58.8 Å². The van der Waals surface area contributed by atoms with E-state index in [4.69, 9.17) is 4.98 Å². The van der Waals surface area contributed by atoms with Crippen LogP contribution in [-0.2, 0) is 11.2 Å². The van der Waals surface area contributed by atoms with E-state index >= 15 is 0 Å². The molecule has 0 bridgehead atoms. The van der Waals surface area contributed by atoms with Crippen LogP contribution >= 0.6 is 0 Å². The minimum absolute atomic E-state index is 0.153. The van der Waals surface area contributed by atoms with Gasteiger partial charge in [0.25, 0.3) is 0 Å². The first-order chi connectivity index (χ1) is 16.3. The number of aryl methyl sites for hydroxylation is 3. The molecule has 34 heavy (non-hydrogen) atoms. The lowest BCUT2D eigenvalue weighted by Gasteiger charge is -2.44. The second kappa shape index (κ2) is 8.99. The van der Waals surface area contributed by atoms with Crippen LogP contribution in [0.2, 0.25) is 0 Å². The molecule has 1 fully saturated rings. The molecule has 1 aliphatic heterocycles. The third-order valence-corrected chi connectivity index (χ3v) is 7.42. The number of hydrogen-bond donors (Lipinski definition) is 0. The van der Waals surface area contributed by atoms with Gasteiger partial charge in [-0.2, -0.15) is 0 Å². The highest BCUT2D eigenvalue weighted by Gasteiger charge is 2.29. The van der Waals surface area contributed by atoms with Crippen molar-refractivity contribution in [1.82, 2.24) is 19.3 Å². The molecule has 3 aromatic rings. The molecule has 1 aliphatic carbocycles. The molecular weight excluding hydrogens is 422 g/mol. The molecule has 0 radical (unpaired) electrons. The molecule has 6 heteroatoms. The molecule has 5 rings (SSSR count). The summed E-state index contributed by atoms with van der Waals surface area (Å²) in [6, 6.07) is 7.29. The molecule has 2 aliphatic rings. The molecular formula is C28H35N5O. The number of aromatic nitrogens is 3. The van der Waals surface area contributed by atoms with Gasteiger partial charge in [-0.15, -0.1) is 0 Å². The van der Waals surface area contributed by atoms with Crippen molar-refractivity contribution in [1.29, 1.82) is 0 Å². The Labute approximate surface area is 202 Å². The summed E-state index contributed by atoms with van der Waals surface area (Å²) in [5.41, 5.74) is 7.69. The highest BCUT2D eigenvalue weighted by atomic mass is 16.1. The first kappa shape index (κ1) is 22.8. The molecule has 3 heterocycles. The maximum Gasteiger partial charge on any atom is 0.165 e. The number of hydrogen-bond acceptors (Lipinski definition) is 5. The van der Waals surface area contributed by atoms with Crippen molar-refractivity contribution >= 4 is 28.8 Å². The third-order valence-electron chi connectivity index (χ3n) is 7.42. The molecule has 1 saturated heterocycles. The van der Waals surface area contributed by atoms with Crippen LogP contribution in [0.1, 0.15) is 55.4 Å². The van der Waals surface area contributed by atoms with Crippen molar-refractivity contribution in [2.45, 2.75) is 53.5 Å². The molecule has 0 N–H and O–H groups in total. The summed E-state index contributed by atoms with van der Waals surface area (Å²) < 4.78 is 1.98. The average Bonchev–Trinajstić information content (AvgIpc) is 3.17. The van der Waals surface area contributed by atoms with E-state index in [0.717, 1.165) is 60.9 Å². The summed E-state index contributed by atoms with van der Waals surface area (Å²) in [6.07, 6.45) is 7.23. The van der Waals surface area contributed by atoms with Gasteiger partial charge in [0.05, 0.1) is 17.1 Å². The van der Waals surface area contributed by atoms with Crippen LogP contribution < -0.4 is 4.90 Å². The highest BCUT2D eigenvalue weighted by molar-refractivity contribution is 6.25. The van der Waals surface area contributed by atoms with Gasteiger partial charge in [0.1, 0.15) is 0 Å². The van der Waals surface area contributed by atoms with Crippen LogP contribution in [0.5, 0.6) is 0 Å². The molecule has 1 aromatic carbocycles. The zero-order chi connectivity index (χ0) is 24.0. The Balaban J connectivity index is 1.47. The first-order valence-electron chi connectivity index (χ1n) is 12.5. The first-order valence-corrected chi connectivity index (χ1v) is 12.5. The smallest absolute Gasteiger partial charge is 0.165 e. The second-order valence-electron chi connectivity index (χ2n) is 10.1. The topological polar surface area (TPSA) is 53.7 Å². The van der Waals surface area contributed by atoms with E-state index in [1.165, 1.54) is 11.3 Å². The van der Waals surface area contributed by atoms with E-state index < -0.39 is 0 Å². The molecule has 2 aromatic heterocycles. The minimum atomic E-state index is 0.153. The monoisotopic (exact) mass is 457 g/mol. The van der Waals surface area contributed by atoms with E-state index in [2.05, 4.69) is 53.8 Å². The predicted octanol–water partition coefficient (Wildman–Crippen LogP) is 4.57. The lowest BCUT2D eigenvalue weighted by Crippen LogP contribution is -2.55. The Morgan fingerprint density at radius 3 is 2.68 bits per heavy atom. The number of anilines is 1. The van der Waals surface area contributed by atoms with Gasteiger partial charge in [-0.25, -0.2) is 4.98 Å². The molecule has 6 nitrogen and oxygen atoms in total. The number of ketones is 1. The number of fused-ring (bicyclic) bond motifs is 2. The summed E-state index contributed by atoms with van der Waals surface area (Å²) in [7, 11) is 0. The molecule has 178 valence electrons. The molecule has 0 amide bonds. The SMILES string of the molecule is CCN1CCN(c2ccc3c(c2)CCC(=O)C(c2cn4cc(C)nc(C)c4n2)=C3)C[C@@H]1C(C)C. The lowest BCUT2D eigenvalue weighted by atomic mass is 9.98. The number of piperazine rings is 1. The van der Waals surface area contributed by atoms with Crippen molar-refractivity contribution < 1.29 is 4.79 Å². The Hall–Kier alpha value is -2.99. The Bertz CT molecular complexity index is 1270.